The predicted octanol–water partition coefficient (Wildman–Crippen LogP) is 2.01. The summed E-state index contributed by atoms with van der Waals surface area (Å²) >= 11 is 5.97. The van der Waals surface area contributed by atoms with E-state index in [1.807, 2.05) is 29.2 Å². The number of halogens is 1. The van der Waals surface area contributed by atoms with Gasteiger partial charge >= 0.3 is 0 Å². The van der Waals surface area contributed by atoms with E-state index in [0.717, 1.165) is 16.7 Å². The molecule has 0 bridgehead atoms. The molecule has 1 aromatic heterocycles. The van der Waals surface area contributed by atoms with Crippen molar-refractivity contribution in [1.29, 1.82) is 5.26 Å². The molecule has 6 heteroatoms. The predicted molar refractivity (Wildman–Crippen MR) is 72.1 cm³/mol. The summed E-state index contributed by atoms with van der Waals surface area (Å²) in [5, 5.41) is 10.1. The molecule has 1 aliphatic heterocycles. The van der Waals surface area contributed by atoms with Gasteiger partial charge in [-0.3, -0.25) is 0 Å². The lowest BCUT2D eigenvalue weighted by Gasteiger charge is -2.31. The summed E-state index contributed by atoms with van der Waals surface area (Å²) in [4.78, 5) is 10.5. The molecule has 0 saturated carbocycles. The Kier molecular flexibility index (Phi) is 3.20. The van der Waals surface area contributed by atoms with Crippen LogP contribution in [-0.4, -0.2) is 35.8 Å². The average Bonchev–Trinajstić information content (AvgIpc) is 2.46. The molecule has 0 aliphatic carbocycles. The van der Waals surface area contributed by atoms with Gasteiger partial charge in [0.05, 0.1) is 24.7 Å². The van der Waals surface area contributed by atoms with Crippen molar-refractivity contribution in [1.82, 2.24) is 9.97 Å². The van der Waals surface area contributed by atoms with Crippen molar-refractivity contribution in [3.8, 4) is 6.07 Å². The highest BCUT2D eigenvalue weighted by Gasteiger charge is 2.23. The Morgan fingerprint density at radius 3 is 3.05 bits per heavy atom. The molecule has 2 heterocycles. The molecule has 0 N–H and O–H groups in total. The van der Waals surface area contributed by atoms with Crippen LogP contribution >= 0.6 is 11.6 Å². The largest absolute Gasteiger partial charge is 0.360 e. The Hall–Kier alpha value is -1.90. The molecule has 0 spiro atoms. The third kappa shape index (κ3) is 2.33. The van der Waals surface area contributed by atoms with E-state index >= 15 is 0 Å². The minimum atomic E-state index is -0.429. The summed E-state index contributed by atoms with van der Waals surface area (Å²) < 4.78 is 5.34. The average molecular weight is 275 g/mol. The molecule has 96 valence electrons. The number of hydrogen-bond acceptors (Lipinski definition) is 5. The fraction of sp³-hybridized carbons (Fsp3) is 0.308. The van der Waals surface area contributed by atoms with Crippen LogP contribution in [0.25, 0.3) is 10.9 Å². The highest BCUT2D eigenvalue weighted by atomic mass is 35.5. The minimum Gasteiger partial charge on any atom is -0.360 e. The van der Waals surface area contributed by atoms with Crippen LogP contribution in [0.3, 0.4) is 0 Å². The summed E-state index contributed by atoms with van der Waals surface area (Å²) in [5.41, 5.74) is 0.803. The van der Waals surface area contributed by atoms with E-state index in [2.05, 4.69) is 16.0 Å². The van der Waals surface area contributed by atoms with Crippen molar-refractivity contribution in [2.24, 2.45) is 0 Å². The van der Waals surface area contributed by atoms with Gasteiger partial charge in [0.2, 0.25) is 5.28 Å². The Bertz CT molecular complexity index is 655. The first kappa shape index (κ1) is 12.2. The Morgan fingerprint density at radius 2 is 2.21 bits per heavy atom. The SMILES string of the molecule is N#CC1CN(c2nc(Cl)nc3ccccc23)CCO1. The lowest BCUT2D eigenvalue weighted by Crippen LogP contribution is -2.42. The topological polar surface area (TPSA) is 62.0 Å². The van der Waals surface area contributed by atoms with E-state index in [1.165, 1.54) is 0 Å². The van der Waals surface area contributed by atoms with E-state index in [4.69, 9.17) is 21.6 Å². The molecule has 1 aliphatic rings. The lowest BCUT2D eigenvalue weighted by molar-refractivity contribution is 0.0762. The van der Waals surface area contributed by atoms with Gasteiger partial charge in [-0.25, -0.2) is 4.98 Å². The Morgan fingerprint density at radius 1 is 1.37 bits per heavy atom. The second-order valence-electron chi connectivity index (χ2n) is 4.27. The number of nitrogens with zero attached hydrogens (tertiary/aromatic N) is 4. The maximum Gasteiger partial charge on any atom is 0.224 e. The number of hydrogen-bond donors (Lipinski definition) is 0. The molecule has 1 unspecified atom stereocenters. The third-order valence-electron chi connectivity index (χ3n) is 3.07. The Balaban J connectivity index is 2.07. The number of morpholine rings is 1. The number of aromatic nitrogens is 2. The van der Waals surface area contributed by atoms with Crippen LogP contribution in [0.15, 0.2) is 24.3 Å². The van der Waals surface area contributed by atoms with E-state index < -0.39 is 6.10 Å². The summed E-state index contributed by atoms with van der Waals surface area (Å²) in [7, 11) is 0. The number of fused-ring (bicyclic) bond motifs is 1. The van der Waals surface area contributed by atoms with E-state index in [9.17, 15) is 0 Å². The second-order valence-corrected chi connectivity index (χ2v) is 4.61. The quantitative estimate of drug-likeness (QED) is 0.745. The zero-order chi connectivity index (χ0) is 13.2. The number of benzene rings is 1. The molecular weight excluding hydrogens is 264 g/mol. The standard InChI is InChI=1S/C13H11ClN4O/c14-13-16-11-4-2-1-3-10(11)12(17-13)18-5-6-19-9(7-15)8-18/h1-4,9H,5-6,8H2. The van der Waals surface area contributed by atoms with Crippen molar-refractivity contribution >= 4 is 28.3 Å². The van der Waals surface area contributed by atoms with Crippen LogP contribution in [0.2, 0.25) is 5.28 Å². The minimum absolute atomic E-state index is 0.216. The zero-order valence-corrected chi connectivity index (χ0v) is 10.8. The third-order valence-corrected chi connectivity index (χ3v) is 3.23. The number of para-hydroxylation sites is 1. The highest BCUT2D eigenvalue weighted by molar-refractivity contribution is 6.28. The van der Waals surface area contributed by atoms with E-state index in [0.29, 0.717) is 19.7 Å². The molecule has 1 aromatic carbocycles. The highest BCUT2D eigenvalue weighted by Crippen LogP contribution is 2.26. The molecular formula is C13H11ClN4O. The maximum atomic E-state index is 8.96. The molecule has 1 atom stereocenters. The van der Waals surface area contributed by atoms with Crippen LogP contribution in [0.1, 0.15) is 0 Å². The lowest BCUT2D eigenvalue weighted by atomic mass is 10.2. The molecule has 19 heavy (non-hydrogen) atoms. The van der Waals surface area contributed by atoms with Crippen LogP contribution in [0, 0.1) is 11.3 Å². The summed E-state index contributed by atoms with van der Waals surface area (Å²) in [5.74, 6) is 0.763. The number of nitriles is 1. The molecule has 0 radical (unpaired) electrons. The second kappa shape index (κ2) is 5.00. The van der Waals surface area contributed by atoms with Crippen molar-refractivity contribution in [3.63, 3.8) is 0 Å². The van der Waals surface area contributed by atoms with Crippen molar-refractivity contribution < 1.29 is 4.74 Å². The molecule has 1 saturated heterocycles. The van der Waals surface area contributed by atoms with Crippen molar-refractivity contribution in [2.75, 3.05) is 24.6 Å². The number of rotatable bonds is 1. The van der Waals surface area contributed by atoms with Crippen LogP contribution in [-0.2, 0) is 4.74 Å². The number of anilines is 1. The van der Waals surface area contributed by atoms with Crippen LogP contribution in [0.4, 0.5) is 5.82 Å². The Labute approximate surface area is 115 Å². The first-order valence-electron chi connectivity index (χ1n) is 5.96. The maximum absolute atomic E-state index is 8.96. The molecule has 2 aromatic rings. The normalized spacial score (nSPS) is 19.4. The van der Waals surface area contributed by atoms with Gasteiger partial charge in [-0.15, -0.1) is 0 Å². The van der Waals surface area contributed by atoms with Crippen molar-refractivity contribution in [3.05, 3.63) is 29.5 Å². The van der Waals surface area contributed by atoms with Gasteiger partial charge in [0, 0.05) is 11.9 Å². The number of ether oxygens (including phenoxy) is 1. The smallest absolute Gasteiger partial charge is 0.224 e. The van der Waals surface area contributed by atoms with Gasteiger partial charge in [0.15, 0.2) is 6.10 Å². The molecule has 5 nitrogen and oxygen atoms in total. The van der Waals surface area contributed by atoms with Gasteiger partial charge in [-0.2, -0.15) is 10.2 Å². The van der Waals surface area contributed by atoms with E-state index in [-0.39, 0.29) is 5.28 Å². The fourth-order valence-electron chi connectivity index (χ4n) is 2.19. The van der Waals surface area contributed by atoms with Crippen LogP contribution in [0.5, 0.6) is 0 Å². The first-order chi connectivity index (χ1) is 9.28. The van der Waals surface area contributed by atoms with Gasteiger partial charge < -0.3 is 9.64 Å². The summed E-state index contributed by atoms with van der Waals surface area (Å²) in [6.07, 6.45) is -0.429. The fourth-order valence-corrected chi connectivity index (χ4v) is 2.36. The molecule has 3 rings (SSSR count). The van der Waals surface area contributed by atoms with Gasteiger partial charge in [0.1, 0.15) is 5.82 Å². The van der Waals surface area contributed by atoms with Gasteiger partial charge in [-0.05, 0) is 23.7 Å². The molecule has 0 amide bonds. The van der Waals surface area contributed by atoms with E-state index in [1.54, 1.807) is 0 Å². The van der Waals surface area contributed by atoms with Crippen LogP contribution < -0.4 is 4.90 Å². The van der Waals surface area contributed by atoms with Crippen molar-refractivity contribution in [2.45, 2.75) is 6.10 Å². The zero-order valence-electron chi connectivity index (χ0n) is 10.1. The van der Waals surface area contributed by atoms with Gasteiger partial charge in [-0.1, -0.05) is 12.1 Å². The first-order valence-corrected chi connectivity index (χ1v) is 6.34. The van der Waals surface area contributed by atoms with Gasteiger partial charge in [0.25, 0.3) is 0 Å². The summed E-state index contributed by atoms with van der Waals surface area (Å²) in [6, 6.07) is 9.83. The monoisotopic (exact) mass is 274 g/mol. The summed E-state index contributed by atoms with van der Waals surface area (Å²) in [6.45, 7) is 1.69. The molecule has 1 fully saturated rings.